The number of amides is 1. The molecule has 2 saturated heterocycles. The summed E-state index contributed by atoms with van der Waals surface area (Å²) in [5, 5.41) is 0. The Labute approximate surface area is 125 Å². The topological polar surface area (TPSA) is 57.7 Å². The highest BCUT2D eigenvalue weighted by Gasteiger charge is 2.35. The van der Waals surface area contributed by atoms with Crippen LogP contribution in [0.4, 0.5) is 0 Å². The van der Waals surface area contributed by atoms with E-state index in [1.54, 1.807) is 0 Å². The fourth-order valence-electron chi connectivity index (χ4n) is 3.20. The molecule has 0 aromatic heterocycles. The Kier molecular flexibility index (Phi) is 3.99. The van der Waals surface area contributed by atoms with Gasteiger partial charge in [-0.1, -0.05) is 30.3 Å². The summed E-state index contributed by atoms with van der Waals surface area (Å²) < 4.78 is 25.0. The van der Waals surface area contributed by atoms with E-state index in [4.69, 9.17) is 0 Å². The zero-order valence-electron chi connectivity index (χ0n) is 11.9. The second-order valence-corrected chi connectivity index (χ2v) is 7.75. The fourth-order valence-corrected chi connectivity index (χ4v) is 4.66. The van der Waals surface area contributed by atoms with Crippen LogP contribution in [0, 0.1) is 0 Å². The molecule has 1 atom stereocenters. The Balaban J connectivity index is 1.72. The fraction of sp³-hybridized carbons (Fsp3) is 0.533. The van der Waals surface area contributed by atoms with Crippen molar-refractivity contribution in [2.24, 2.45) is 0 Å². The number of hydrogen-bond donors (Lipinski definition) is 0. The average Bonchev–Trinajstić information content (AvgIpc) is 3.07. The lowest BCUT2D eigenvalue weighted by atomic mass is 10.0. The van der Waals surface area contributed by atoms with Gasteiger partial charge in [-0.05, 0) is 24.8 Å². The number of benzene rings is 1. The lowest BCUT2D eigenvalue weighted by Crippen LogP contribution is -2.40. The minimum absolute atomic E-state index is 0.00827. The summed E-state index contributed by atoms with van der Waals surface area (Å²) in [5.41, 5.74) is 1.13. The molecule has 2 aliphatic heterocycles. The molecular weight excluding hydrogens is 288 g/mol. The van der Waals surface area contributed by atoms with E-state index < -0.39 is 10.0 Å². The molecular formula is C15H20N2O3S. The summed E-state index contributed by atoms with van der Waals surface area (Å²) in [6.07, 6.45) is 2.54. The highest BCUT2D eigenvalue weighted by molar-refractivity contribution is 7.89. The van der Waals surface area contributed by atoms with Crippen LogP contribution in [0.2, 0.25) is 0 Å². The lowest BCUT2D eigenvalue weighted by molar-refractivity contribution is -0.132. The summed E-state index contributed by atoms with van der Waals surface area (Å²) in [7, 11) is -3.21. The van der Waals surface area contributed by atoms with E-state index in [1.165, 1.54) is 4.31 Å². The Morgan fingerprint density at radius 3 is 2.57 bits per heavy atom. The number of likely N-dealkylation sites (tertiary alicyclic amines) is 1. The molecule has 0 bridgehead atoms. The molecule has 3 rings (SSSR count). The van der Waals surface area contributed by atoms with Gasteiger partial charge < -0.3 is 4.90 Å². The first-order valence-corrected chi connectivity index (χ1v) is 9.01. The van der Waals surface area contributed by atoms with Crippen LogP contribution in [0.25, 0.3) is 0 Å². The van der Waals surface area contributed by atoms with Crippen LogP contribution in [0.15, 0.2) is 30.3 Å². The molecule has 21 heavy (non-hydrogen) atoms. The molecule has 1 unspecified atom stereocenters. The molecule has 2 fully saturated rings. The van der Waals surface area contributed by atoms with E-state index in [0.717, 1.165) is 18.4 Å². The van der Waals surface area contributed by atoms with E-state index in [2.05, 4.69) is 0 Å². The Morgan fingerprint density at radius 2 is 1.90 bits per heavy atom. The normalized spacial score (nSPS) is 25.3. The predicted octanol–water partition coefficient (Wildman–Crippen LogP) is 1.39. The number of hydrogen-bond acceptors (Lipinski definition) is 3. The summed E-state index contributed by atoms with van der Waals surface area (Å²) in [6.45, 7) is 1.18. The molecule has 0 aliphatic carbocycles. The van der Waals surface area contributed by atoms with Crippen molar-refractivity contribution in [3.05, 3.63) is 35.9 Å². The summed E-state index contributed by atoms with van der Waals surface area (Å²) in [5.74, 6) is 0.0920. The van der Waals surface area contributed by atoms with Gasteiger partial charge in [-0.3, -0.25) is 4.79 Å². The predicted molar refractivity (Wildman–Crippen MR) is 80.1 cm³/mol. The van der Waals surface area contributed by atoms with Gasteiger partial charge in [-0.25, -0.2) is 8.42 Å². The van der Waals surface area contributed by atoms with Crippen molar-refractivity contribution in [3.63, 3.8) is 0 Å². The second kappa shape index (κ2) is 5.77. The number of rotatable bonds is 3. The third-order valence-corrected chi connectivity index (χ3v) is 6.18. The van der Waals surface area contributed by atoms with Gasteiger partial charge in [0.25, 0.3) is 0 Å². The van der Waals surface area contributed by atoms with E-state index in [-0.39, 0.29) is 24.2 Å². The van der Waals surface area contributed by atoms with Crippen LogP contribution < -0.4 is 0 Å². The average molecular weight is 308 g/mol. The molecule has 5 nitrogen and oxygen atoms in total. The Morgan fingerprint density at radius 1 is 1.14 bits per heavy atom. The van der Waals surface area contributed by atoms with Crippen molar-refractivity contribution in [1.29, 1.82) is 0 Å². The van der Waals surface area contributed by atoms with E-state index in [1.807, 2.05) is 35.2 Å². The monoisotopic (exact) mass is 308 g/mol. The smallest absolute Gasteiger partial charge is 0.238 e. The Hall–Kier alpha value is -1.40. The molecule has 2 heterocycles. The number of carbonyl (C=O) groups is 1. The van der Waals surface area contributed by atoms with Crippen molar-refractivity contribution in [3.8, 4) is 0 Å². The summed E-state index contributed by atoms with van der Waals surface area (Å²) >= 11 is 0. The quantitative estimate of drug-likeness (QED) is 0.848. The van der Waals surface area contributed by atoms with Crippen molar-refractivity contribution in [2.75, 3.05) is 25.4 Å². The minimum Gasteiger partial charge on any atom is -0.335 e. The van der Waals surface area contributed by atoms with Crippen molar-refractivity contribution >= 4 is 15.9 Å². The molecule has 2 aliphatic rings. The highest BCUT2D eigenvalue weighted by atomic mass is 32.2. The van der Waals surface area contributed by atoms with Crippen molar-refractivity contribution < 1.29 is 13.2 Å². The first-order chi connectivity index (χ1) is 10.1. The number of carbonyl (C=O) groups excluding carboxylic acids is 1. The van der Waals surface area contributed by atoms with Gasteiger partial charge in [0.1, 0.15) is 0 Å². The lowest BCUT2D eigenvalue weighted by Gasteiger charge is -2.27. The molecule has 0 spiro atoms. The molecule has 0 saturated carbocycles. The van der Waals surface area contributed by atoms with E-state index in [9.17, 15) is 13.2 Å². The molecule has 6 heteroatoms. The van der Waals surface area contributed by atoms with Crippen LogP contribution in [0.5, 0.6) is 0 Å². The van der Waals surface area contributed by atoms with Gasteiger partial charge in [-0.15, -0.1) is 0 Å². The van der Waals surface area contributed by atoms with Gasteiger partial charge >= 0.3 is 0 Å². The zero-order chi connectivity index (χ0) is 14.9. The van der Waals surface area contributed by atoms with Crippen LogP contribution in [-0.4, -0.2) is 48.9 Å². The maximum Gasteiger partial charge on any atom is 0.238 e. The first kappa shape index (κ1) is 14.5. The Bertz CT molecular complexity index is 615. The van der Waals surface area contributed by atoms with Crippen molar-refractivity contribution in [1.82, 2.24) is 9.21 Å². The molecule has 114 valence electrons. The first-order valence-electron chi connectivity index (χ1n) is 7.40. The van der Waals surface area contributed by atoms with Crippen LogP contribution >= 0.6 is 0 Å². The minimum atomic E-state index is -3.21. The van der Waals surface area contributed by atoms with Gasteiger partial charge in [0, 0.05) is 13.1 Å². The van der Waals surface area contributed by atoms with Gasteiger partial charge in [-0.2, -0.15) is 4.31 Å². The maximum absolute atomic E-state index is 12.5. The number of sulfonamides is 1. The van der Waals surface area contributed by atoms with Crippen LogP contribution in [0.3, 0.4) is 0 Å². The van der Waals surface area contributed by atoms with Gasteiger partial charge in [0.2, 0.25) is 15.9 Å². The summed E-state index contributed by atoms with van der Waals surface area (Å²) in [6, 6.07) is 10.1. The largest absolute Gasteiger partial charge is 0.335 e. The molecule has 0 N–H and O–H groups in total. The second-order valence-electron chi connectivity index (χ2n) is 5.66. The molecule has 0 radical (unpaired) electrons. The highest BCUT2D eigenvalue weighted by Crippen LogP contribution is 2.32. The molecule has 1 aromatic carbocycles. The van der Waals surface area contributed by atoms with Crippen molar-refractivity contribution in [2.45, 2.75) is 25.3 Å². The van der Waals surface area contributed by atoms with Crippen LogP contribution in [0.1, 0.15) is 30.9 Å². The van der Waals surface area contributed by atoms with Gasteiger partial charge in [0.15, 0.2) is 0 Å². The SMILES string of the molecule is O=C(CN1CCCS1(=O)=O)N1CCCC1c1ccccc1. The zero-order valence-corrected chi connectivity index (χ0v) is 12.8. The molecule has 1 aromatic rings. The standard InChI is InChI=1S/C15H20N2O3S/c18-15(12-16-9-5-11-21(16,19)20)17-10-4-8-14(17)13-6-2-1-3-7-13/h1-3,6-7,14H,4-5,8-12H2. The maximum atomic E-state index is 12.5. The van der Waals surface area contributed by atoms with E-state index >= 15 is 0 Å². The van der Waals surface area contributed by atoms with E-state index in [0.29, 0.717) is 19.5 Å². The van der Waals surface area contributed by atoms with Crippen LogP contribution in [-0.2, 0) is 14.8 Å². The third kappa shape index (κ3) is 2.96. The molecule has 1 amide bonds. The third-order valence-electron chi connectivity index (χ3n) is 4.27. The summed E-state index contributed by atoms with van der Waals surface area (Å²) in [4.78, 5) is 14.3. The van der Waals surface area contributed by atoms with Gasteiger partial charge in [0.05, 0.1) is 18.3 Å². The number of nitrogens with zero attached hydrogens (tertiary/aromatic N) is 2.